The topological polar surface area (TPSA) is 41.1 Å². The van der Waals surface area contributed by atoms with Crippen molar-refractivity contribution < 1.29 is 4.79 Å². The van der Waals surface area contributed by atoms with Crippen LogP contribution in [0.1, 0.15) is 30.0 Å². The predicted octanol–water partition coefficient (Wildman–Crippen LogP) is 2.10. The maximum atomic E-state index is 11.2. The molecule has 1 amide bonds. The molecular weight excluding hydrogens is 232 g/mol. The Morgan fingerprint density at radius 2 is 2.24 bits per heavy atom. The van der Waals surface area contributed by atoms with E-state index in [1.807, 2.05) is 18.3 Å². The number of carbonyl (C=O) groups is 1. The summed E-state index contributed by atoms with van der Waals surface area (Å²) in [6.07, 6.45) is 1.59. The molecule has 1 aromatic rings. The molecule has 4 heteroatoms. The summed E-state index contributed by atoms with van der Waals surface area (Å²) in [4.78, 5) is 14.0. The van der Waals surface area contributed by atoms with Crippen molar-refractivity contribution in [1.82, 2.24) is 10.6 Å². The summed E-state index contributed by atoms with van der Waals surface area (Å²) in [6, 6.07) is 4.76. The van der Waals surface area contributed by atoms with Crippen LogP contribution in [-0.4, -0.2) is 25.0 Å². The lowest BCUT2D eigenvalue weighted by Crippen LogP contribution is -2.32. The van der Waals surface area contributed by atoms with Crippen molar-refractivity contribution in [3.63, 3.8) is 0 Å². The molecule has 0 radical (unpaired) electrons. The minimum Gasteiger partial charge on any atom is -0.356 e. The first-order valence-electron chi connectivity index (χ1n) is 6.17. The molecular formula is C13H22N2OS. The van der Waals surface area contributed by atoms with E-state index in [1.54, 1.807) is 0 Å². The first kappa shape index (κ1) is 14.2. The van der Waals surface area contributed by atoms with Gasteiger partial charge in [-0.3, -0.25) is 4.79 Å². The number of carbonyl (C=O) groups excluding carboxylic acids is 1. The van der Waals surface area contributed by atoms with Gasteiger partial charge < -0.3 is 10.6 Å². The standard InChI is InChI=1S/C13H22N2OS/c1-4-14-13(16)7-8-15-10(2)9-12-6-5-11(3)17-12/h5-6,10,15H,4,7-9H2,1-3H3,(H,14,16). The van der Waals surface area contributed by atoms with Gasteiger partial charge in [0.25, 0.3) is 0 Å². The van der Waals surface area contributed by atoms with Crippen molar-refractivity contribution >= 4 is 17.2 Å². The van der Waals surface area contributed by atoms with Gasteiger partial charge in [0, 0.05) is 35.3 Å². The van der Waals surface area contributed by atoms with E-state index in [4.69, 9.17) is 0 Å². The first-order chi connectivity index (χ1) is 8.11. The molecule has 0 saturated carbocycles. The number of rotatable bonds is 7. The second kappa shape index (κ2) is 7.45. The minimum absolute atomic E-state index is 0.124. The third kappa shape index (κ3) is 5.84. The van der Waals surface area contributed by atoms with Gasteiger partial charge in [-0.15, -0.1) is 11.3 Å². The van der Waals surface area contributed by atoms with E-state index in [2.05, 4.69) is 36.6 Å². The van der Waals surface area contributed by atoms with Crippen LogP contribution in [0.15, 0.2) is 12.1 Å². The van der Waals surface area contributed by atoms with E-state index in [9.17, 15) is 4.79 Å². The molecule has 2 N–H and O–H groups in total. The summed E-state index contributed by atoms with van der Waals surface area (Å²) < 4.78 is 0. The Morgan fingerprint density at radius 1 is 1.47 bits per heavy atom. The average Bonchev–Trinajstić information content (AvgIpc) is 2.64. The van der Waals surface area contributed by atoms with Crippen LogP contribution >= 0.6 is 11.3 Å². The van der Waals surface area contributed by atoms with E-state index in [-0.39, 0.29) is 5.91 Å². The maximum Gasteiger partial charge on any atom is 0.221 e. The highest BCUT2D eigenvalue weighted by molar-refractivity contribution is 7.11. The Kier molecular flexibility index (Phi) is 6.22. The zero-order valence-electron chi connectivity index (χ0n) is 10.9. The van der Waals surface area contributed by atoms with E-state index in [1.165, 1.54) is 9.75 Å². The summed E-state index contributed by atoms with van der Waals surface area (Å²) in [5, 5.41) is 6.17. The number of aryl methyl sites for hydroxylation is 1. The fourth-order valence-electron chi connectivity index (χ4n) is 1.69. The van der Waals surface area contributed by atoms with Crippen LogP contribution in [0.3, 0.4) is 0 Å². The zero-order chi connectivity index (χ0) is 12.7. The summed E-state index contributed by atoms with van der Waals surface area (Å²) in [5.41, 5.74) is 0. The van der Waals surface area contributed by atoms with Crippen LogP contribution < -0.4 is 10.6 Å². The molecule has 0 aromatic carbocycles. The van der Waals surface area contributed by atoms with Crippen LogP contribution in [-0.2, 0) is 11.2 Å². The quantitative estimate of drug-likeness (QED) is 0.782. The molecule has 3 nitrogen and oxygen atoms in total. The number of thiophene rings is 1. The van der Waals surface area contributed by atoms with E-state index >= 15 is 0 Å². The lowest BCUT2D eigenvalue weighted by atomic mass is 10.2. The Balaban J connectivity index is 2.17. The number of hydrogen-bond acceptors (Lipinski definition) is 3. The molecule has 1 aromatic heterocycles. The van der Waals surface area contributed by atoms with Crippen LogP contribution in [0.25, 0.3) is 0 Å². The van der Waals surface area contributed by atoms with E-state index < -0.39 is 0 Å². The average molecular weight is 254 g/mol. The van der Waals surface area contributed by atoms with Gasteiger partial charge in [-0.25, -0.2) is 0 Å². The summed E-state index contributed by atoms with van der Waals surface area (Å²) in [6.45, 7) is 7.68. The van der Waals surface area contributed by atoms with Gasteiger partial charge in [-0.05, 0) is 39.3 Å². The summed E-state index contributed by atoms with van der Waals surface area (Å²) in [7, 11) is 0. The molecule has 1 rings (SSSR count). The second-order valence-electron chi connectivity index (χ2n) is 4.28. The molecule has 0 fully saturated rings. The fourth-order valence-corrected chi connectivity index (χ4v) is 2.71. The van der Waals surface area contributed by atoms with Crippen molar-refractivity contribution in [2.45, 2.75) is 39.7 Å². The van der Waals surface area contributed by atoms with E-state index in [0.29, 0.717) is 19.0 Å². The molecule has 0 aliphatic heterocycles. The SMILES string of the molecule is CCNC(=O)CCNC(C)Cc1ccc(C)s1. The van der Waals surface area contributed by atoms with Crippen LogP contribution in [0.2, 0.25) is 0 Å². The number of nitrogens with one attached hydrogen (secondary N) is 2. The molecule has 0 saturated heterocycles. The van der Waals surface area contributed by atoms with Crippen molar-refractivity contribution in [1.29, 1.82) is 0 Å². The van der Waals surface area contributed by atoms with Crippen molar-refractivity contribution in [3.05, 3.63) is 21.9 Å². The molecule has 0 spiro atoms. The smallest absolute Gasteiger partial charge is 0.221 e. The van der Waals surface area contributed by atoms with Crippen LogP contribution in [0, 0.1) is 6.92 Å². The Labute approximate surface area is 108 Å². The van der Waals surface area contributed by atoms with Gasteiger partial charge in [-0.2, -0.15) is 0 Å². The fraction of sp³-hybridized carbons (Fsp3) is 0.615. The lowest BCUT2D eigenvalue weighted by molar-refractivity contribution is -0.120. The molecule has 0 aliphatic carbocycles. The highest BCUT2D eigenvalue weighted by Gasteiger charge is 2.06. The molecule has 1 heterocycles. The minimum atomic E-state index is 0.124. The van der Waals surface area contributed by atoms with Crippen molar-refractivity contribution in [3.8, 4) is 0 Å². The second-order valence-corrected chi connectivity index (χ2v) is 5.65. The highest BCUT2D eigenvalue weighted by atomic mass is 32.1. The van der Waals surface area contributed by atoms with Crippen molar-refractivity contribution in [2.24, 2.45) is 0 Å². The predicted molar refractivity (Wildman–Crippen MR) is 73.5 cm³/mol. The molecule has 17 heavy (non-hydrogen) atoms. The van der Waals surface area contributed by atoms with Crippen LogP contribution in [0.4, 0.5) is 0 Å². The van der Waals surface area contributed by atoms with Crippen molar-refractivity contribution in [2.75, 3.05) is 13.1 Å². The monoisotopic (exact) mass is 254 g/mol. The number of hydrogen-bond donors (Lipinski definition) is 2. The first-order valence-corrected chi connectivity index (χ1v) is 6.99. The summed E-state index contributed by atoms with van der Waals surface area (Å²) in [5.74, 6) is 0.124. The van der Waals surface area contributed by atoms with Gasteiger partial charge >= 0.3 is 0 Å². The van der Waals surface area contributed by atoms with Gasteiger partial charge in [0.05, 0.1) is 0 Å². The van der Waals surface area contributed by atoms with Gasteiger partial charge in [0.15, 0.2) is 0 Å². The normalized spacial score (nSPS) is 12.4. The Morgan fingerprint density at radius 3 is 2.82 bits per heavy atom. The molecule has 0 aliphatic rings. The molecule has 96 valence electrons. The third-order valence-corrected chi connectivity index (χ3v) is 3.55. The maximum absolute atomic E-state index is 11.2. The van der Waals surface area contributed by atoms with Gasteiger partial charge in [0.1, 0.15) is 0 Å². The Bertz CT molecular complexity index is 349. The Hall–Kier alpha value is -0.870. The highest BCUT2D eigenvalue weighted by Crippen LogP contribution is 2.16. The zero-order valence-corrected chi connectivity index (χ0v) is 11.7. The third-order valence-electron chi connectivity index (χ3n) is 2.52. The van der Waals surface area contributed by atoms with Gasteiger partial charge in [0.2, 0.25) is 5.91 Å². The van der Waals surface area contributed by atoms with E-state index in [0.717, 1.165) is 13.0 Å². The molecule has 1 atom stereocenters. The largest absolute Gasteiger partial charge is 0.356 e. The van der Waals surface area contributed by atoms with Crippen LogP contribution in [0.5, 0.6) is 0 Å². The molecule has 0 bridgehead atoms. The lowest BCUT2D eigenvalue weighted by Gasteiger charge is -2.12. The van der Waals surface area contributed by atoms with Gasteiger partial charge in [-0.1, -0.05) is 0 Å². The molecule has 1 unspecified atom stereocenters. The number of amides is 1. The summed E-state index contributed by atoms with van der Waals surface area (Å²) >= 11 is 1.84.